The number of ether oxygens (including phenoxy) is 1. The van der Waals surface area contributed by atoms with Crippen LogP contribution < -0.4 is 15.2 Å². The molecule has 0 fully saturated rings. The number of pyridine rings is 1. The number of carbonyl (C=O) groups is 1. The Labute approximate surface area is 127 Å². The summed E-state index contributed by atoms with van der Waals surface area (Å²) in [6, 6.07) is 7.35. The molecule has 1 amide bonds. The maximum Gasteiger partial charge on any atom is 0.257 e. The Morgan fingerprint density at radius 3 is 2.91 bits per heavy atom. The Kier molecular flexibility index (Phi) is 3.55. The molecule has 1 aliphatic rings. The second-order valence-corrected chi connectivity index (χ2v) is 6.36. The Morgan fingerprint density at radius 2 is 2.14 bits per heavy atom. The average molecular weight is 319 g/mol. The first-order chi connectivity index (χ1) is 10.4. The van der Waals surface area contributed by atoms with Crippen molar-refractivity contribution in [1.82, 2.24) is 4.98 Å². The summed E-state index contributed by atoms with van der Waals surface area (Å²) in [5.41, 5.74) is 1.49. The van der Waals surface area contributed by atoms with Gasteiger partial charge in [-0.25, -0.2) is 13.6 Å². The standard InChI is InChI=1S/C14H13N3O4S/c15-22(19,20)11-3-1-2-10(7-11)17-14(18)9-6-13-12(16-8-9)4-5-21-13/h1-3,6-8H,4-5H2,(H,17,18)(H2,15,19,20). The summed E-state index contributed by atoms with van der Waals surface area (Å²) in [5.74, 6) is 0.198. The van der Waals surface area contributed by atoms with Crippen molar-refractivity contribution in [2.75, 3.05) is 11.9 Å². The fourth-order valence-electron chi connectivity index (χ4n) is 2.12. The minimum atomic E-state index is -3.82. The van der Waals surface area contributed by atoms with Crippen molar-refractivity contribution in [2.24, 2.45) is 5.14 Å². The summed E-state index contributed by atoms with van der Waals surface area (Å²) in [6.07, 6.45) is 2.19. The predicted octanol–water partition coefficient (Wildman–Crippen LogP) is 0.916. The highest BCUT2D eigenvalue weighted by atomic mass is 32.2. The quantitative estimate of drug-likeness (QED) is 0.873. The molecule has 0 saturated heterocycles. The van der Waals surface area contributed by atoms with Gasteiger partial charge in [-0.05, 0) is 24.3 Å². The molecule has 0 bridgehead atoms. The number of primary sulfonamides is 1. The molecule has 0 aliphatic carbocycles. The number of fused-ring (bicyclic) bond motifs is 1. The highest BCUT2D eigenvalue weighted by Crippen LogP contribution is 2.24. The number of rotatable bonds is 3. The van der Waals surface area contributed by atoms with E-state index in [1.54, 1.807) is 12.1 Å². The number of aromatic nitrogens is 1. The number of benzene rings is 1. The molecule has 0 atom stereocenters. The second-order valence-electron chi connectivity index (χ2n) is 4.79. The van der Waals surface area contributed by atoms with E-state index in [0.29, 0.717) is 23.6 Å². The number of nitrogens with one attached hydrogen (secondary N) is 1. The van der Waals surface area contributed by atoms with Gasteiger partial charge in [0.1, 0.15) is 5.75 Å². The fraction of sp³-hybridized carbons (Fsp3) is 0.143. The summed E-state index contributed by atoms with van der Waals surface area (Å²) in [6.45, 7) is 0.559. The number of carbonyl (C=O) groups excluding carboxylic acids is 1. The van der Waals surface area contributed by atoms with Crippen LogP contribution in [0.5, 0.6) is 5.75 Å². The molecule has 3 rings (SSSR count). The zero-order chi connectivity index (χ0) is 15.7. The Balaban J connectivity index is 1.83. The maximum atomic E-state index is 12.2. The van der Waals surface area contributed by atoms with Gasteiger partial charge in [0.05, 0.1) is 22.8 Å². The van der Waals surface area contributed by atoms with Gasteiger partial charge >= 0.3 is 0 Å². The lowest BCUT2D eigenvalue weighted by molar-refractivity contribution is 0.102. The van der Waals surface area contributed by atoms with Gasteiger partial charge in [0.15, 0.2) is 0 Å². The molecular weight excluding hydrogens is 306 g/mol. The average Bonchev–Trinajstić information content (AvgIpc) is 2.94. The monoisotopic (exact) mass is 319 g/mol. The minimum Gasteiger partial charge on any atom is -0.491 e. The minimum absolute atomic E-state index is 0.0688. The summed E-state index contributed by atoms with van der Waals surface area (Å²) in [4.78, 5) is 16.3. The van der Waals surface area contributed by atoms with Crippen molar-refractivity contribution in [3.05, 3.63) is 47.8 Å². The van der Waals surface area contributed by atoms with E-state index in [2.05, 4.69) is 10.3 Å². The molecule has 0 unspecified atom stereocenters. The number of amides is 1. The van der Waals surface area contributed by atoms with Crippen molar-refractivity contribution < 1.29 is 17.9 Å². The predicted molar refractivity (Wildman–Crippen MR) is 79.2 cm³/mol. The molecule has 8 heteroatoms. The van der Waals surface area contributed by atoms with Crippen LogP contribution in [0.2, 0.25) is 0 Å². The smallest absolute Gasteiger partial charge is 0.257 e. The Bertz CT molecular complexity index is 849. The fourth-order valence-corrected chi connectivity index (χ4v) is 2.68. The lowest BCUT2D eigenvalue weighted by Crippen LogP contribution is -2.15. The van der Waals surface area contributed by atoms with Crippen LogP contribution in [0.25, 0.3) is 0 Å². The molecule has 7 nitrogen and oxygen atoms in total. The zero-order valence-electron chi connectivity index (χ0n) is 11.4. The Hall–Kier alpha value is -2.45. The van der Waals surface area contributed by atoms with Crippen molar-refractivity contribution in [3.63, 3.8) is 0 Å². The number of sulfonamides is 1. The molecule has 1 aromatic carbocycles. The van der Waals surface area contributed by atoms with Gasteiger partial charge in [0.2, 0.25) is 10.0 Å². The number of hydrogen-bond donors (Lipinski definition) is 2. The molecule has 22 heavy (non-hydrogen) atoms. The zero-order valence-corrected chi connectivity index (χ0v) is 12.3. The van der Waals surface area contributed by atoms with Crippen LogP contribution in [0, 0.1) is 0 Å². The summed E-state index contributed by atoms with van der Waals surface area (Å²) in [5, 5.41) is 7.67. The molecule has 0 saturated carbocycles. The van der Waals surface area contributed by atoms with Crippen LogP contribution in [0.4, 0.5) is 5.69 Å². The van der Waals surface area contributed by atoms with Gasteiger partial charge in [-0.1, -0.05) is 6.07 Å². The van der Waals surface area contributed by atoms with Crippen LogP contribution in [0.1, 0.15) is 16.1 Å². The molecule has 0 radical (unpaired) electrons. The number of nitrogens with two attached hydrogens (primary N) is 1. The Morgan fingerprint density at radius 1 is 1.32 bits per heavy atom. The van der Waals surface area contributed by atoms with Crippen LogP contribution in [0.15, 0.2) is 41.4 Å². The number of nitrogens with zero attached hydrogens (tertiary/aromatic N) is 1. The van der Waals surface area contributed by atoms with Crippen molar-refractivity contribution in [3.8, 4) is 5.75 Å². The molecule has 1 aromatic heterocycles. The van der Waals surface area contributed by atoms with Gasteiger partial charge in [0, 0.05) is 18.3 Å². The third-order valence-corrected chi connectivity index (χ3v) is 4.12. The lowest BCUT2D eigenvalue weighted by Gasteiger charge is -2.07. The van der Waals surface area contributed by atoms with Gasteiger partial charge < -0.3 is 10.1 Å². The highest BCUT2D eigenvalue weighted by Gasteiger charge is 2.17. The third-order valence-electron chi connectivity index (χ3n) is 3.21. The molecule has 0 spiro atoms. The maximum absolute atomic E-state index is 12.2. The summed E-state index contributed by atoms with van der Waals surface area (Å²) >= 11 is 0. The number of anilines is 1. The molecule has 3 N–H and O–H groups in total. The van der Waals surface area contributed by atoms with Gasteiger partial charge in [-0.3, -0.25) is 9.78 Å². The summed E-state index contributed by atoms with van der Waals surface area (Å²) < 4.78 is 28.0. The first-order valence-corrected chi connectivity index (χ1v) is 8.04. The lowest BCUT2D eigenvalue weighted by atomic mass is 10.2. The first kappa shape index (κ1) is 14.5. The molecular formula is C14H13N3O4S. The van der Waals surface area contributed by atoms with Crippen molar-refractivity contribution in [1.29, 1.82) is 0 Å². The normalized spacial score (nSPS) is 13.3. The van der Waals surface area contributed by atoms with E-state index >= 15 is 0 Å². The SMILES string of the molecule is NS(=O)(=O)c1cccc(NC(=O)c2cnc3c(c2)OCC3)c1. The van der Waals surface area contributed by atoms with E-state index in [1.165, 1.54) is 24.4 Å². The van der Waals surface area contributed by atoms with E-state index in [1.807, 2.05) is 0 Å². The molecule has 2 aromatic rings. The van der Waals surface area contributed by atoms with Crippen molar-refractivity contribution >= 4 is 21.6 Å². The molecule has 114 valence electrons. The first-order valence-electron chi connectivity index (χ1n) is 6.49. The van der Waals surface area contributed by atoms with E-state index in [4.69, 9.17) is 9.88 Å². The van der Waals surface area contributed by atoms with E-state index in [-0.39, 0.29) is 4.90 Å². The molecule has 1 aliphatic heterocycles. The van der Waals surface area contributed by atoms with Crippen LogP contribution >= 0.6 is 0 Å². The largest absolute Gasteiger partial charge is 0.491 e. The highest BCUT2D eigenvalue weighted by molar-refractivity contribution is 7.89. The van der Waals surface area contributed by atoms with Gasteiger partial charge in [0.25, 0.3) is 5.91 Å². The van der Waals surface area contributed by atoms with Crippen LogP contribution in [-0.4, -0.2) is 25.9 Å². The number of hydrogen-bond acceptors (Lipinski definition) is 5. The molecule has 2 heterocycles. The van der Waals surface area contributed by atoms with Gasteiger partial charge in [-0.2, -0.15) is 0 Å². The van der Waals surface area contributed by atoms with Crippen LogP contribution in [0.3, 0.4) is 0 Å². The third kappa shape index (κ3) is 2.92. The van der Waals surface area contributed by atoms with Crippen LogP contribution in [-0.2, 0) is 16.4 Å². The second kappa shape index (κ2) is 5.39. The van der Waals surface area contributed by atoms with E-state index < -0.39 is 15.9 Å². The topological polar surface area (TPSA) is 111 Å². The summed E-state index contributed by atoms with van der Waals surface area (Å²) in [7, 11) is -3.82. The van der Waals surface area contributed by atoms with E-state index in [0.717, 1.165) is 12.1 Å². The van der Waals surface area contributed by atoms with Crippen molar-refractivity contribution in [2.45, 2.75) is 11.3 Å². The van der Waals surface area contributed by atoms with E-state index in [9.17, 15) is 13.2 Å². The van der Waals surface area contributed by atoms with Gasteiger partial charge in [-0.15, -0.1) is 0 Å².